The molecular formula is C20H23Cl2FN3O+. The predicted molar refractivity (Wildman–Crippen MR) is 109 cm³/mol. The highest BCUT2D eigenvalue weighted by Gasteiger charge is 2.22. The van der Waals surface area contributed by atoms with E-state index in [0.29, 0.717) is 10.7 Å². The summed E-state index contributed by atoms with van der Waals surface area (Å²) in [5.74, 6) is -0.814. The van der Waals surface area contributed by atoms with Crippen LogP contribution in [0.4, 0.5) is 15.8 Å². The van der Waals surface area contributed by atoms with E-state index in [4.69, 9.17) is 23.2 Å². The van der Waals surface area contributed by atoms with Gasteiger partial charge in [-0.1, -0.05) is 29.3 Å². The number of carbonyl (C=O) groups is 1. The number of nitrogens with one attached hydrogen (secondary N) is 2. The number of likely N-dealkylation sites (N-methyl/N-ethyl adjacent to an activating group) is 1. The second-order valence-electron chi connectivity index (χ2n) is 6.68. The van der Waals surface area contributed by atoms with Gasteiger partial charge in [-0.25, -0.2) is 4.39 Å². The van der Waals surface area contributed by atoms with Crippen molar-refractivity contribution < 1.29 is 14.1 Å². The lowest BCUT2D eigenvalue weighted by atomic mass is 10.1. The Morgan fingerprint density at radius 3 is 2.63 bits per heavy atom. The van der Waals surface area contributed by atoms with E-state index < -0.39 is 5.82 Å². The number of quaternary nitrogens is 1. The van der Waals surface area contributed by atoms with Gasteiger partial charge in [-0.3, -0.25) is 4.79 Å². The summed E-state index contributed by atoms with van der Waals surface area (Å²) >= 11 is 12.2. The average molecular weight is 411 g/mol. The van der Waals surface area contributed by atoms with Crippen molar-refractivity contribution in [2.24, 2.45) is 0 Å². The third kappa shape index (κ3) is 4.92. The van der Waals surface area contributed by atoms with Crippen LogP contribution < -0.4 is 15.1 Å². The maximum absolute atomic E-state index is 14.0. The van der Waals surface area contributed by atoms with Crippen LogP contribution in [-0.2, 0) is 11.2 Å². The first-order valence-electron chi connectivity index (χ1n) is 9.08. The summed E-state index contributed by atoms with van der Waals surface area (Å²) < 4.78 is 14.0. The molecule has 1 aliphatic heterocycles. The summed E-state index contributed by atoms with van der Waals surface area (Å²) in [5, 5.41) is 3.66. The van der Waals surface area contributed by atoms with Crippen molar-refractivity contribution >= 4 is 40.5 Å². The Kier molecular flexibility index (Phi) is 6.58. The van der Waals surface area contributed by atoms with E-state index in [2.05, 4.69) is 17.1 Å². The van der Waals surface area contributed by atoms with Crippen molar-refractivity contribution in [3.05, 3.63) is 57.8 Å². The van der Waals surface area contributed by atoms with Gasteiger partial charge < -0.3 is 15.1 Å². The Labute approximate surface area is 168 Å². The van der Waals surface area contributed by atoms with Gasteiger partial charge in [0.1, 0.15) is 5.82 Å². The van der Waals surface area contributed by atoms with E-state index >= 15 is 0 Å². The molecule has 2 aromatic carbocycles. The molecule has 2 N–H and O–H groups in total. The van der Waals surface area contributed by atoms with Gasteiger partial charge >= 0.3 is 0 Å². The summed E-state index contributed by atoms with van der Waals surface area (Å²) in [7, 11) is 0. The lowest BCUT2D eigenvalue weighted by Crippen LogP contribution is -3.14. The van der Waals surface area contributed by atoms with Gasteiger partial charge in [0.25, 0.3) is 0 Å². The highest BCUT2D eigenvalue weighted by Crippen LogP contribution is 2.30. The average Bonchev–Trinajstić information content (AvgIpc) is 2.65. The van der Waals surface area contributed by atoms with Crippen LogP contribution in [0.1, 0.15) is 12.5 Å². The van der Waals surface area contributed by atoms with Crippen LogP contribution in [0.3, 0.4) is 0 Å². The molecule has 0 spiro atoms. The van der Waals surface area contributed by atoms with E-state index in [1.165, 1.54) is 12.1 Å². The van der Waals surface area contributed by atoms with E-state index in [-0.39, 0.29) is 22.9 Å². The first kappa shape index (κ1) is 19.9. The molecule has 144 valence electrons. The molecule has 4 nitrogen and oxygen atoms in total. The Bertz CT molecular complexity index is 803. The van der Waals surface area contributed by atoms with E-state index in [1.807, 2.05) is 12.1 Å². The molecule has 0 atom stereocenters. The Hall–Kier alpha value is -1.82. The first-order chi connectivity index (χ1) is 13.0. The molecule has 27 heavy (non-hydrogen) atoms. The van der Waals surface area contributed by atoms with E-state index in [9.17, 15) is 9.18 Å². The lowest BCUT2D eigenvalue weighted by Gasteiger charge is -2.34. The summed E-state index contributed by atoms with van der Waals surface area (Å²) in [6.45, 7) is 7.22. The van der Waals surface area contributed by atoms with Gasteiger partial charge in [0.15, 0.2) is 0 Å². The molecule has 0 unspecified atom stereocenters. The van der Waals surface area contributed by atoms with Gasteiger partial charge in [-0.2, -0.15) is 0 Å². The molecule has 0 radical (unpaired) electrons. The second-order valence-corrected chi connectivity index (χ2v) is 7.52. The minimum atomic E-state index is -0.484. The second kappa shape index (κ2) is 8.91. The number of nitrogens with zero attached hydrogens (tertiary/aromatic N) is 1. The summed E-state index contributed by atoms with van der Waals surface area (Å²) in [4.78, 5) is 16.3. The fourth-order valence-corrected chi connectivity index (χ4v) is 3.76. The van der Waals surface area contributed by atoms with Gasteiger partial charge in [-0.15, -0.1) is 0 Å². The van der Waals surface area contributed by atoms with Gasteiger partial charge in [-0.05, 0) is 37.3 Å². The highest BCUT2D eigenvalue weighted by molar-refractivity contribution is 6.32. The van der Waals surface area contributed by atoms with Crippen LogP contribution >= 0.6 is 23.2 Å². The molecule has 3 rings (SSSR count). The number of hydrogen-bond donors (Lipinski definition) is 2. The van der Waals surface area contributed by atoms with Gasteiger partial charge in [0.05, 0.1) is 50.5 Å². The standard InChI is InChI=1S/C20H22Cl2FN3O/c1-2-25-8-10-26(11-9-25)19-7-6-14(21)12-18(19)24-20(27)13-15-16(22)4-3-5-17(15)23/h3-7,12H,2,8-11,13H2,1H3,(H,24,27)/p+1. The molecule has 0 bridgehead atoms. The molecule has 1 aliphatic rings. The highest BCUT2D eigenvalue weighted by atomic mass is 35.5. The number of hydrogen-bond acceptors (Lipinski definition) is 2. The summed E-state index contributed by atoms with van der Waals surface area (Å²) in [6, 6.07) is 9.87. The normalized spacial score (nSPS) is 15.0. The summed E-state index contributed by atoms with van der Waals surface area (Å²) in [5.41, 5.74) is 1.77. The van der Waals surface area contributed by atoms with Crippen LogP contribution in [0.5, 0.6) is 0 Å². The molecule has 1 saturated heterocycles. The van der Waals surface area contributed by atoms with Crippen LogP contribution in [0, 0.1) is 5.82 Å². The Morgan fingerprint density at radius 2 is 1.96 bits per heavy atom. The molecule has 0 aliphatic carbocycles. The van der Waals surface area contributed by atoms with Crippen molar-refractivity contribution in [1.82, 2.24) is 0 Å². The number of anilines is 2. The molecule has 1 heterocycles. The minimum Gasteiger partial charge on any atom is -0.359 e. The minimum absolute atomic E-state index is 0.134. The predicted octanol–water partition coefficient (Wildman–Crippen LogP) is 3.04. The maximum atomic E-state index is 14.0. The van der Waals surface area contributed by atoms with E-state index in [1.54, 1.807) is 17.0 Å². The van der Waals surface area contributed by atoms with Gasteiger partial charge in [0, 0.05) is 15.6 Å². The van der Waals surface area contributed by atoms with Crippen LogP contribution in [0.25, 0.3) is 0 Å². The number of amides is 1. The molecule has 1 amide bonds. The molecule has 0 aromatic heterocycles. The maximum Gasteiger partial charge on any atom is 0.229 e. The monoisotopic (exact) mass is 410 g/mol. The lowest BCUT2D eigenvalue weighted by molar-refractivity contribution is -0.898. The molecule has 0 saturated carbocycles. The largest absolute Gasteiger partial charge is 0.359 e. The zero-order valence-corrected chi connectivity index (χ0v) is 16.7. The van der Waals surface area contributed by atoms with Crippen LogP contribution in [-0.4, -0.2) is 38.6 Å². The van der Waals surface area contributed by atoms with Crippen molar-refractivity contribution in [1.29, 1.82) is 0 Å². The fourth-order valence-electron chi connectivity index (χ4n) is 3.36. The van der Waals surface area contributed by atoms with E-state index in [0.717, 1.165) is 38.4 Å². The smallest absolute Gasteiger partial charge is 0.229 e. The molecule has 7 heteroatoms. The topological polar surface area (TPSA) is 36.8 Å². The fraction of sp³-hybridized carbons (Fsp3) is 0.350. The zero-order chi connectivity index (χ0) is 19.4. The zero-order valence-electron chi connectivity index (χ0n) is 15.2. The molecule has 2 aromatic rings. The Morgan fingerprint density at radius 1 is 1.22 bits per heavy atom. The van der Waals surface area contributed by atoms with Crippen molar-refractivity contribution in [2.75, 3.05) is 42.9 Å². The third-order valence-electron chi connectivity index (χ3n) is 4.94. The van der Waals surface area contributed by atoms with Crippen molar-refractivity contribution in [3.63, 3.8) is 0 Å². The number of halogens is 3. The molecular weight excluding hydrogens is 388 g/mol. The number of carbonyl (C=O) groups excluding carboxylic acids is 1. The van der Waals surface area contributed by atoms with Crippen LogP contribution in [0.2, 0.25) is 10.0 Å². The van der Waals surface area contributed by atoms with Crippen molar-refractivity contribution in [3.8, 4) is 0 Å². The first-order valence-corrected chi connectivity index (χ1v) is 9.84. The third-order valence-corrected chi connectivity index (χ3v) is 5.53. The van der Waals surface area contributed by atoms with Crippen molar-refractivity contribution in [2.45, 2.75) is 13.3 Å². The molecule has 1 fully saturated rings. The quantitative estimate of drug-likeness (QED) is 0.794. The number of rotatable bonds is 5. The number of benzene rings is 2. The number of piperazine rings is 1. The Balaban J connectivity index is 1.76. The summed E-state index contributed by atoms with van der Waals surface area (Å²) in [6.07, 6.45) is -0.134. The van der Waals surface area contributed by atoms with Crippen LogP contribution in [0.15, 0.2) is 36.4 Å². The van der Waals surface area contributed by atoms with Gasteiger partial charge in [0.2, 0.25) is 5.91 Å². The SMILES string of the molecule is CC[NH+]1CCN(c2ccc(Cl)cc2NC(=O)Cc2c(F)cccc2Cl)CC1.